The maximum atomic E-state index is 10.8. The number of hydrogen-bond acceptors (Lipinski definition) is 5. The molecule has 0 amide bonds. The van der Waals surface area contributed by atoms with E-state index in [0.29, 0.717) is 25.7 Å². The molecule has 2 atom stereocenters. The highest BCUT2D eigenvalue weighted by Gasteiger charge is 2.25. The van der Waals surface area contributed by atoms with Crippen LogP contribution in [0, 0.1) is 16.0 Å². The highest BCUT2D eigenvalue weighted by Crippen LogP contribution is 2.29. The lowest BCUT2D eigenvalue weighted by molar-refractivity contribution is -0.384. The summed E-state index contributed by atoms with van der Waals surface area (Å²) >= 11 is 0. The molecule has 0 aromatic heterocycles. The predicted octanol–water partition coefficient (Wildman–Crippen LogP) is 4.08. The molecule has 6 nitrogen and oxygen atoms in total. The van der Waals surface area contributed by atoms with Crippen molar-refractivity contribution < 1.29 is 14.4 Å². The Balaban J connectivity index is 1.38. The minimum Gasteiger partial charge on any atom is -0.399 e. The number of nitrogens with zero attached hydrogens (tertiary/aromatic N) is 1. The average molecular weight is 356 g/mol. The van der Waals surface area contributed by atoms with Crippen LogP contribution in [0.5, 0.6) is 0 Å². The van der Waals surface area contributed by atoms with Crippen molar-refractivity contribution in [2.45, 2.75) is 38.6 Å². The highest BCUT2D eigenvalue weighted by atomic mass is 16.6. The number of rotatable bonds is 8. The van der Waals surface area contributed by atoms with Gasteiger partial charge in [-0.15, -0.1) is 0 Å². The van der Waals surface area contributed by atoms with Crippen molar-refractivity contribution in [3.05, 3.63) is 69.8 Å². The molecule has 1 aliphatic rings. The van der Waals surface area contributed by atoms with E-state index in [0.717, 1.165) is 36.1 Å². The third kappa shape index (κ3) is 5.28. The molecule has 6 heteroatoms. The van der Waals surface area contributed by atoms with Crippen molar-refractivity contribution in [2.75, 3.05) is 12.3 Å². The highest BCUT2D eigenvalue weighted by molar-refractivity contribution is 5.40. The van der Waals surface area contributed by atoms with Gasteiger partial charge in [-0.3, -0.25) is 10.1 Å². The normalized spacial score (nSPS) is 19.5. The van der Waals surface area contributed by atoms with Crippen molar-refractivity contribution in [1.82, 2.24) is 0 Å². The number of hydrogen-bond donors (Lipinski definition) is 1. The Hall–Kier alpha value is -2.44. The number of nitrogens with two attached hydrogens (primary N) is 1. The number of nitro groups is 1. The summed E-state index contributed by atoms with van der Waals surface area (Å²) in [6.45, 7) is 1.63. The van der Waals surface area contributed by atoms with E-state index in [1.54, 1.807) is 12.1 Å². The largest absolute Gasteiger partial charge is 0.399 e. The first kappa shape index (κ1) is 18.4. The van der Waals surface area contributed by atoms with E-state index < -0.39 is 0 Å². The van der Waals surface area contributed by atoms with Crippen molar-refractivity contribution in [2.24, 2.45) is 5.92 Å². The Morgan fingerprint density at radius 3 is 2.62 bits per heavy atom. The zero-order chi connectivity index (χ0) is 18.4. The molecule has 0 aliphatic heterocycles. The third-order valence-electron chi connectivity index (χ3n) is 4.67. The standard InChI is InChI=1S/C20H24N2O4/c21-18-5-1-3-15(9-18)14-26-20-8-7-17(11-20)13-25-12-16-4-2-6-19(10-16)22(23)24/h1-6,9-10,17,20H,7-8,11-14,21H2/t17-,20+/m1/s1. The summed E-state index contributed by atoms with van der Waals surface area (Å²) in [6.07, 6.45) is 3.35. The number of nitrogen functional groups attached to an aromatic ring is 1. The summed E-state index contributed by atoms with van der Waals surface area (Å²) in [5.74, 6) is 0.472. The van der Waals surface area contributed by atoms with Crippen molar-refractivity contribution in [1.29, 1.82) is 0 Å². The topological polar surface area (TPSA) is 87.6 Å². The van der Waals surface area contributed by atoms with Gasteiger partial charge >= 0.3 is 0 Å². The first-order chi connectivity index (χ1) is 12.6. The molecule has 0 saturated heterocycles. The number of ether oxygens (including phenoxy) is 2. The number of non-ortho nitro benzene ring substituents is 1. The summed E-state index contributed by atoms with van der Waals surface area (Å²) in [7, 11) is 0. The maximum absolute atomic E-state index is 10.8. The molecular formula is C20H24N2O4. The van der Waals surface area contributed by atoms with Crippen molar-refractivity contribution >= 4 is 11.4 Å². The molecule has 3 rings (SSSR count). The molecule has 2 aromatic rings. The van der Waals surface area contributed by atoms with Crippen LogP contribution in [0.2, 0.25) is 0 Å². The molecular weight excluding hydrogens is 332 g/mol. The lowest BCUT2D eigenvalue weighted by Gasteiger charge is -2.13. The fraction of sp³-hybridized carbons (Fsp3) is 0.400. The summed E-state index contributed by atoms with van der Waals surface area (Å²) in [4.78, 5) is 10.4. The molecule has 1 saturated carbocycles. The fourth-order valence-corrected chi connectivity index (χ4v) is 3.33. The molecule has 2 aromatic carbocycles. The van der Waals surface area contributed by atoms with Gasteiger partial charge in [0.1, 0.15) is 0 Å². The van der Waals surface area contributed by atoms with Gasteiger partial charge in [-0.2, -0.15) is 0 Å². The van der Waals surface area contributed by atoms with E-state index in [4.69, 9.17) is 15.2 Å². The Kier molecular flexibility index (Phi) is 6.20. The van der Waals surface area contributed by atoms with Crippen LogP contribution in [-0.4, -0.2) is 17.6 Å². The predicted molar refractivity (Wildman–Crippen MR) is 99.5 cm³/mol. The molecule has 138 valence electrons. The summed E-state index contributed by atoms with van der Waals surface area (Å²) in [5, 5.41) is 10.8. The second kappa shape index (κ2) is 8.78. The Labute approximate surface area is 153 Å². The maximum Gasteiger partial charge on any atom is 0.269 e. The lowest BCUT2D eigenvalue weighted by atomic mass is 10.1. The molecule has 0 bridgehead atoms. The summed E-state index contributed by atoms with van der Waals surface area (Å²) in [5.41, 5.74) is 8.56. The van der Waals surface area contributed by atoms with Gasteiger partial charge in [0.15, 0.2) is 0 Å². The van der Waals surface area contributed by atoms with Crippen LogP contribution < -0.4 is 5.73 Å². The molecule has 0 unspecified atom stereocenters. The van der Waals surface area contributed by atoms with Gasteiger partial charge in [0.2, 0.25) is 0 Å². The van der Waals surface area contributed by atoms with Crippen LogP contribution in [0.15, 0.2) is 48.5 Å². The number of nitro benzene ring substituents is 1. The molecule has 0 radical (unpaired) electrons. The van der Waals surface area contributed by atoms with Crippen LogP contribution in [0.1, 0.15) is 30.4 Å². The van der Waals surface area contributed by atoms with Crippen LogP contribution >= 0.6 is 0 Å². The van der Waals surface area contributed by atoms with E-state index in [9.17, 15) is 10.1 Å². The quantitative estimate of drug-likeness (QED) is 0.437. The van der Waals surface area contributed by atoms with E-state index in [2.05, 4.69) is 0 Å². The van der Waals surface area contributed by atoms with Crippen LogP contribution in [0.4, 0.5) is 11.4 Å². The minimum atomic E-state index is -0.386. The van der Waals surface area contributed by atoms with E-state index in [1.165, 1.54) is 6.07 Å². The Morgan fingerprint density at radius 2 is 1.85 bits per heavy atom. The van der Waals surface area contributed by atoms with Gasteiger partial charge in [-0.25, -0.2) is 0 Å². The van der Waals surface area contributed by atoms with Crippen molar-refractivity contribution in [3.8, 4) is 0 Å². The number of anilines is 1. The minimum absolute atomic E-state index is 0.0991. The molecule has 0 spiro atoms. The van der Waals surface area contributed by atoms with Gasteiger partial charge in [-0.1, -0.05) is 24.3 Å². The van der Waals surface area contributed by atoms with Crippen LogP contribution in [0.25, 0.3) is 0 Å². The second-order valence-corrected chi connectivity index (χ2v) is 6.80. The summed E-state index contributed by atoms with van der Waals surface area (Å²) in [6, 6.07) is 14.3. The Bertz CT molecular complexity index is 750. The van der Waals surface area contributed by atoms with Gasteiger partial charge in [0.05, 0.1) is 24.2 Å². The Morgan fingerprint density at radius 1 is 1.08 bits per heavy atom. The monoisotopic (exact) mass is 356 g/mol. The smallest absolute Gasteiger partial charge is 0.269 e. The van der Waals surface area contributed by atoms with Gasteiger partial charge < -0.3 is 15.2 Å². The van der Waals surface area contributed by atoms with Crippen LogP contribution in [-0.2, 0) is 22.7 Å². The first-order valence-corrected chi connectivity index (χ1v) is 8.87. The molecule has 26 heavy (non-hydrogen) atoms. The van der Waals surface area contributed by atoms with E-state index in [1.807, 2.05) is 30.3 Å². The lowest BCUT2D eigenvalue weighted by Crippen LogP contribution is -2.11. The zero-order valence-electron chi connectivity index (χ0n) is 14.7. The molecule has 1 aliphatic carbocycles. The average Bonchev–Trinajstić information content (AvgIpc) is 3.08. The second-order valence-electron chi connectivity index (χ2n) is 6.80. The van der Waals surface area contributed by atoms with Crippen molar-refractivity contribution in [3.63, 3.8) is 0 Å². The van der Waals surface area contributed by atoms with Gasteiger partial charge in [0, 0.05) is 24.4 Å². The molecule has 0 heterocycles. The van der Waals surface area contributed by atoms with Crippen LogP contribution in [0.3, 0.4) is 0 Å². The van der Waals surface area contributed by atoms with Gasteiger partial charge in [0.25, 0.3) is 5.69 Å². The molecule has 2 N–H and O–H groups in total. The fourth-order valence-electron chi connectivity index (χ4n) is 3.33. The van der Waals surface area contributed by atoms with E-state index >= 15 is 0 Å². The summed E-state index contributed by atoms with van der Waals surface area (Å²) < 4.78 is 11.8. The third-order valence-corrected chi connectivity index (χ3v) is 4.67. The first-order valence-electron chi connectivity index (χ1n) is 8.87. The molecule has 1 fully saturated rings. The zero-order valence-corrected chi connectivity index (χ0v) is 14.7. The van der Waals surface area contributed by atoms with E-state index in [-0.39, 0.29) is 16.7 Å². The number of benzene rings is 2. The SMILES string of the molecule is Nc1cccc(CO[C@H]2CC[C@@H](COCc3cccc([N+](=O)[O-])c3)C2)c1. The van der Waals surface area contributed by atoms with Gasteiger partial charge in [-0.05, 0) is 48.4 Å².